The lowest BCUT2D eigenvalue weighted by molar-refractivity contribution is 0.589. The molecule has 2 N–H and O–H groups in total. The van der Waals surface area contributed by atoms with E-state index in [1.54, 1.807) is 0 Å². The summed E-state index contributed by atoms with van der Waals surface area (Å²) in [5.41, 5.74) is 6.75. The molecular formula is C24H25N7. The van der Waals surface area contributed by atoms with Crippen molar-refractivity contribution in [2.24, 2.45) is 0 Å². The molecule has 2 saturated heterocycles. The second-order valence-corrected chi connectivity index (χ2v) is 8.27. The summed E-state index contributed by atoms with van der Waals surface area (Å²) in [5.74, 6) is 0. The molecular weight excluding hydrogens is 386 g/mol. The van der Waals surface area contributed by atoms with Crippen LogP contribution in [0, 0.1) is 11.3 Å². The molecule has 0 atom stereocenters. The number of anilines is 2. The van der Waals surface area contributed by atoms with E-state index in [1.807, 2.05) is 18.2 Å². The van der Waals surface area contributed by atoms with Crippen LogP contribution in [0.3, 0.4) is 0 Å². The molecule has 2 aromatic carbocycles. The Kier molecular flexibility index (Phi) is 4.41. The van der Waals surface area contributed by atoms with Gasteiger partial charge in [0.1, 0.15) is 11.6 Å². The van der Waals surface area contributed by atoms with Crippen LogP contribution in [0.25, 0.3) is 27.6 Å². The Balaban J connectivity index is 1.70. The van der Waals surface area contributed by atoms with E-state index in [-0.39, 0.29) is 0 Å². The number of rotatable bonds is 2. The minimum absolute atomic E-state index is 0.667. The molecule has 0 spiro atoms. The summed E-state index contributed by atoms with van der Waals surface area (Å²) in [6.07, 6.45) is 0. The molecule has 2 aliphatic rings. The molecule has 2 aliphatic heterocycles. The lowest BCUT2D eigenvalue weighted by Crippen LogP contribution is -2.44. The number of imidazole rings is 1. The van der Waals surface area contributed by atoms with Crippen LogP contribution in [-0.2, 0) is 0 Å². The van der Waals surface area contributed by atoms with Crippen molar-refractivity contribution in [1.29, 1.82) is 5.26 Å². The number of hydrogen-bond acceptors (Lipinski definition) is 6. The van der Waals surface area contributed by atoms with E-state index < -0.39 is 0 Å². The van der Waals surface area contributed by atoms with Gasteiger partial charge < -0.3 is 20.4 Å². The van der Waals surface area contributed by atoms with Crippen molar-refractivity contribution in [1.82, 2.24) is 20.0 Å². The maximum absolute atomic E-state index is 10.2. The summed E-state index contributed by atoms with van der Waals surface area (Å²) in [5, 5.41) is 18.2. The number of aromatic nitrogens is 2. The molecule has 7 heteroatoms. The van der Waals surface area contributed by atoms with Crippen LogP contribution in [-0.4, -0.2) is 61.7 Å². The van der Waals surface area contributed by atoms with Gasteiger partial charge in [0, 0.05) is 63.4 Å². The van der Waals surface area contributed by atoms with E-state index in [9.17, 15) is 5.26 Å². The number of nitrogens with one attached hydrogen (secondary N) is 2. The third-order valence-corrected chi connectivity index (χ3v) is 6.53. The first-order valence-electron chi connectivity index (χ1n) is 11.0. The third-order valence-electron chi connectivity index (χ3n) is 6.53. The lowest BCUT2D eigenvalue weighted by atomic mass is 10.1. The van der Waals surface area contributed by atoms with Gasteiger partial charge in [-0.05, 0) is 30.3 Å². The van der Waals surface area contributed by atoms with Crippen LogP contribution >= 0.6 is 0 Å². The van der Waals surface area contributed by atoms with Gasteiger partial charge >= 0.3 is 0 Å². The first kappa shape index (κ1) is 18.4. The molecule has 6 rings (SSSR count). The van der Waals surface area contributed by atoms with Crippen LogP contribution in [0.5, 0.6) is 0 Å². The summed E-state index contributed by atoms with van der Waals surface area (Å²) >= 11 is 0. The Labute approximate surface area is 180 Å². The van der Waals surface area contributed by atoms with Gasteiger partial charge in [-0.3, -0.25) is 4.40 Å². The fourth-order valence-electron chi connectivity index (χ4n) is 5.02. The number of fused-ring (bicyclic) bond motifs is 5. The summed E-state index contributed by atoms with van der Waals surface area (Å²) in [4.78, 5) is 9.69. The number of piperazine rings is 2. The van der Waals surface area contributed by atoms with Gasteiger partial charge in [-0.2, -0.15) is 5.26 Å². The van der Waals surface area contributed by atoms with E-state index in [1.165, 1.54) is 5.69 Å². The standard InChI is InChI=1S/C24H25N7/c25-16-19-23(30-13-9-27-10-14-30)18-6-5-17(29-11-7-26-8-12-29)15-22(18)31-21-4-2-1-3-20(21)28-24(19)31/h1-6,15,26-27H,7-14H2. The van der Waals surface area contributed by atoms with Crippen LogP contribution in [0.2, 0.25) is 0 Å². The molecule has 156 valence electrons. The van der Waals surface area contributed by atoms with Gasteiger partial charge in [0.2, 0.25) is 0 Å². The predicted octanol–water partition coefficient (Wildman–Crippen LogP) is 2.33. The fraction of sp³-hybridized carbons (Fsp3) is 0.333. The zero-order valence-electron chi connectivity index (χ0n) is 17.4. The fourth-order valence-corrected chi connectivity index (χ4v) is 5.02. The predicted molar refractivity (Wildman–Crippen MR) is 125 cm³/mol. The topological polar surface area (TPSA) is 71.6 Å². The third kappa shape index (κ3) is 2.91. The number of nitriles is 1. The Morgan fingerprint density at radius 3 is 2.29 bits per heavy atom. The van der Waals surface area contributed by atoms with Crippen LogP contribution in [0.15, 0.2) is 42.5 Å². The van der Waals surface area contributed by atoms with E-state index in [4.69, 9.17) is 4.98 Å². The van der Waals surface area contributed by atoms with Gasteiger partial charge in [0.15, 0.2) is 5.65 Å². The smallest absolute Gasteiger partial charge is 0.158 e. The number of pyridine rings is 1. The number of benzene rings is 2. The molecule has 31 heavy (non-hydrogen) atoms. The largest absolute Gasteiger partial charge is 0.369 e. The Hall–Kier alpha value is -3.34. The molecule has 0 amide bonds. The number of hydrogen-bond donors (Lipinski definition) is 2. The second kappa shape index (κ2) is 7.41. The maximum atomic E-state index is 10.2. The van der Waals surface area contributed by atoms with Crippen molar-refractivity contribution in [3.8, 4) is 6.07 Å². The molecule has 4 heterocycles. The first-order chi connectivity index (χ1) is 15.3. The summed E-state index contributed by atoms with van der Waals surface area (Å²) in [7, 11) is 0. The number of nitrogens with zero attached hydrogens (tertiary/aromatic N) is 5. The minimum Gasteiger partial charge on any atom is -0.369 e. The summed E-state index contributed by atoms with van der Waals surface area (Å²) < 4.78 is 2.18. The highest BCUT2D eigenvalue weighted by molar-refractivity contribution is 6.03. The molecule has 0 radical (unpaired) electrons. The molecule has 0 bridgehead atoms. The normalized spacial score (nSPS) is 17.5. The summed E-state index contributed by atoms with van der Waals surface area (Å²) in [6, 6.07) is 17.4. The second-order valence-electron chi connectivity index (χ2n) is 8.27. The Morgan fingerprint density at radius 1 is 0.839 bits per heavy atom. The molecule has 7 nitrogen and oxygen atoms in total. The average molecular weight is 412 g/mol. The van der Waals surface area contributed by atoms with Gasteiger partial charge in [-0.15, -0.1) is 0 Å². The summed E-state index contributed by atoms with van der Waals surface area (Å²) in [6.45, 7) is 7.63. The molecule has 0 unspecified atom stereocenters. The van der Waals surface area contributed by atoms with Crippen LogP contribution in [0.1, 0.15) is 5.56 Å². The highest BCUT2D eigenvalue weighted by Crippen LogP contribution is 2.37. The van der Waals surface area contributed by atoms with Crippen molar-refractivity contribution >= 4 is 39.0 Å². The van der Waals surface area contributed by atoms with Crippen molar-refractivity contribution in [2.45, 2.75) is 0 Å². The molecule has 2 aromatic heterocycles. The number of para-hydroxylation sites is 2. The SMILES string of the molecule is N#Cc1c(N2CCNCC2)c2ccc(N3CCNCC3)cc2n2c1nc1ccccc12. The molecule has 0 saturated carbocycles. The lowest BCUT2D eigenvalue weighted by Gasteiger charge is -2.32. The van der Waals surface area contributed by atoms with E-state index in [0.717, 1.165) is 85.6 Å². The van der Waals surface area contributed by atoms with Crippen molar-refractivity contribution < 1.29 is 0 Å². The van der Waals surface area contributed by atoms with Gasteiger partial charge in [-0.1, -0.05) is 12.1 Å². The highest BCUT2D eigenvalue weighted by atomic mass is 15.2. The quantitative estimate of drug-likeness (QED) is 0.528. The van der Waals surface area contributed by atoms with Crippen molar-refractivity contribution in [3.63, 3.8) is 0 Å². The van der Waals surface area contributed by atoms with Gasteiger partial charge in [0.05, 0.1) is 22.2 Å². The monoisotopic (exact) mass is 411 g/mol. The first-order valence-corrected chi connectivity index (χ1v) is 11.0. The van der Waals surface area contributed by atoms with E-state index >= 15 is 0 Å². The van der Waals surface area contributed by atoms with E-state index in [2.05, 4.69) is 55.2 Å². The molecule has 2 fully saturated rings. The van der Waals surface area contributed by atoms with Crippen molar-refractivity contribution in [2.75, 3.05) is 62.2 Å². The molecule has 4 aromatic rings. The van der Waals surface area contributed by atoms with Gasteiger partial charge in [0.25, 0.3) is 0 Å². The Morgan fingerprint density at radius 2 is 1.55 bits per heavy atom. The maximum Gasteiger partial charge on any atom is 0.158 e. The van der Waals surface area contributed by atoms with E-state index in [0.29, 0.717) is 5.56 Å². The van der Waals surface area contributed by atoms with Gasteiger partial charge in [-0.25, -0.2) is 4.98 Å². The highest BCUT2D eigenvalue weighted by Gasteiger charge is 2.24. The zero-order valence-corrected chi connectivity index (χ0v) is 17.4. The zero-order chi connectivity index (χ0) is 20.8. The van der Waals surface area contributed by atoms with Crippen LogP contribution < -0.4 is 20.4 Å². The van der Waals surface area contributed by atoms with Crippen LogP contribution in [0.4, 0.5) is 11.4 Å². The minimum atomic E-state index is 0.667. The van der Waals surface area contributed by atoms with Crippen molar-refractivity contribution in [3.05, 3.63) is 48.0 Å². The average Bonchev–Trinajstić information content (AvgIpc) is 3.23. The Bertz CT molecular complexity index is 1320. The molecule has 0 aliphatic carbocycles.